The van der Waals surface area contributed by atoms with Crippen LogP contribution in [0.2, 0.25) is 0 Å². The molecule has 3 nitrogen and oxygen atoms in total. The maximum absolute atomic E-state index is 13.0. The molecule has 1 aromatic rings. The van der Waals surface area contributed by atoms with Gasteiger partial charge < -0.3 is 10.8 Å². The highest BCUT2D eigenvalue weighted by atomic mass is 32.2. The van der Waals surface area contributed by atoms with Crippen LogP contribution in [0.25, 0.3) is 0 Å². The van der Waals surface area contributed by atoms with Crippen molar-refractivity contribution in [2.24, 2.45) is 0 Å². The van der Waals surface area contributed by atoms with Gasteiger partial charge >= 0.3 is 5.97 Å². The maximum Gasteiger partial charge on any atom is 0.328 e. The number of anilines is 1. The van der Waals surface area contributed by atoms with E-state index in [1.807, 2.05) is 0 Å². The molecule has 0 saturated heterocycles. The molecule has 0 aliphatic heterocycles. The number of aliphatic carboxylic acids is 1. The van der Waals surface area contributed by atoms with Crippen LogP contribution in [-0.4, -0.2) is 16.8 Å². The summed E-state index contributed by atoms with van der Waals surface area (Å²) in [4.78, 5) is 10.9. The maximum atomic E-state index is 13.0. The van der Waals surface area contributed by atoms with Gasteiger partial charge in [0.1, 0.15) is 5.82 Å². The molecule has 0 saturated carbocycles. The molecule has 0 bridgehead atoms. The summed E-state index contributed by atoms with van der Waals surface area (Å²) < 4.78 is 13.0. The smallest absolute Gasteiger partial charge is 0.328 e. The number of benzene rings is 1. The number of hydrogen-bond donors (Lipinski definition) is 2. The molecule has 1 rings (SSSR count). The molecule has 0 aromatic heterocycles. The highest BCUT2D eigenvalue weighted by Gasteiger charge is 1.99. The minimum absolute atomic E-state index is 0.112. The Bertz CT molecular complexity index is 393. The molecule has 0 unspecified atom stereocenters. The van der Waals surface area contributed by atoms with E-state index in [2.05, 4.69) is 0 Å². The van der Waals surface area contributed by atoms with E-state index in [0.29, 0.717) is 5.75 Å². The minimum atomic E-state index is -0.987. The van der Waals surface area contributed by atoms with E-state index in [4.69, 9.17) is 10.8 Å². The highest BCUT2D eigenvalue weighted by Crippen LogP contribution is 2.21. The van der Waals surface area contributed by atoms with Crippen LogP contribution in [0.1, 0.15) is 0 Å². The van der Waals surface area contributed by atoms with Crippen LogP contribution in [0.3, 0.4) is 0 Å². The SMILES string of the molecule is Nc1ccc(SCC=CC(=O)O)cc1F. The van der Waals surface area contributed by atoms with Gasteiger partial charge in [0.15, 0.2) is 0 Å². The van der Waals surface area contributed by atoms with Crippen LogP contribution in [0, 0.1) is 5.82 Å². The Labute approximate surface area is 90.8 Å². The minimum Gasteiger partial charge on any atom is -0.478 e. The van der Waals surface area contributed by atoms with Crippen molar-refractivity contribution in [2.45, 2.75) is 4.90 Å². The second kappa shape index (κ2) is 5.41. The molecule has 0 heterocycles. The fourth-order valence-corrected chi connectivity index (χ4v) is 1.63. The third-order valence-corrected chi connectivity index (χ3v) is 2.52. The molecule has 0 fully saturated rings. The molecule has 0 amide bonds. The fourth-order valence-electron chi connectivity index (χ4n) is 0.891. The molecule has 0 spiro atoms. The van der Waals surface area contributed by atoms with Crippen molar-refractivity contribution in [3.8, 4) is 0 Å². The van der Waals surface area contributed by atoms with E-state index < -0.39 is 11.8 Å². The summed E-state index contributed by atoms with van der Waals surface area (Å²) in [5.74, 6) is -0.961. The second-order valence-electron chi connectivity index (χ2n) is 2.73. The van der Waals surface area contributed by atoms with Gasteiger partial charge in [-0.3, -0.25) is 0 Å². The van der Waals surface area contributed by atoms with E-state index >= 15 is 0 Å². The molecule has 3 N–H and O–H groups in total. The number of halogens is 1. The number of thioether (sulfide) groups is 1. The Hall–Kier alpha value is -1.49. The van der Waals surface area contributed by atoms with Crippen molar-refractivity contribution in [2.75, 3.05) is 11.5 Å². The summed E-state index contributed by atoms with van der Waals surface area (Å²) in [5.41, 5.74) is 5.42. The van der Waals surface area contributed by atoms with Gasteiger partial charge in [-0.15, -0.1) is 11.8 Å². The molecule has 0 aliphatic rings. The number of hydrogen-bond acceptors (Lipinski definition) is 3. The monoisotopic (exact) mass is 227 g/mol. The molecular weight excluding hydrogens is 217 g/mol. The summed E-state index contributed by atoms with van der Waals surface area (Å²) in [6.07, 6.45) is 2.56. The predicted octanol–water partition coefficient (Wildman–Crippen LogP) is 2.14. The van der Waals surface area contributed by atoms with Crippen LogP contribution < -0.4 is 5.73 Å². The third-order valence-electron chi connectivity index (χ3n) is 1.58. The molecule has 15 heavy (non-hydrogen) atoms. The Morgan fingerprint density at radius 3 is 2.93 bits per heavy atom. The number of rotatable bonds is 4. The Morgan fingerprint density at radius 2 is 2.33 bits per heavy atom. The van der Waals surface area contributed by atoms with Gasteiger partial charge in [0.25, 0.3) is 0 Å². The van der Waals surface area contributed by atoms with Gasteiger partial charge in [-0.1, -0.05) is 6.08 Å². The lowest BCUT2D eigenvalue weighted by Gasteiger charge is -2.00. The molecule has 0 atom stereocenters. The first-order valence-electron chi connectivity index (χ1n) is 4.17. The number of carbonyl (C=O) groups is 1. The number of nitrogens with two attached hydrogens (primary N) is 1. The van der Waals surface area contributed by atoms with E-state index in [9.17, 15) is 9.18 Å². The largest absolute Gasteiger partial charge is 0.478 e. The molecule has 0 radical (unpaired) electrons. The van der Waals surface area contributed by atoms with Crippen molar-refractivity contribution in [3.63, 3.8) is 0 Å². The molecule has 80 valence electrons. The van der Waals surface area contributed by atoms with E-state index in [-0.39, 0.29) is 5.69 Å². The fraction of sp³-hybridized carbons (Fsp3) is 0.100. The summed E-state index contributed by atoms with van der Waals surface area (Å²) in [7, 11) is 0. The van der Waals surface area contributed by atoms with Crippen molar-refractivity contribution < 1.29 is 14.3 Å². The van der Waals surface area contributed by atoms with Crippen molar-refractivity contribution in [1.82, 2.24) is 0 Å². The molecule has 1 aromatic carbocycles. The first-order valence-corrected chi connectivity index (χ1v) is 5.15. The Balaban J connectivity index is 2.51. The average Bonchev–Trinajstić information content (AvgIpc) is 2.18. The quantitative estimate of drug-likeness (QED) is 0.470. The lowest BCUT2D eigenvalue weighted by Crippen LogP contribution is -1.90. The standard InChI is InChI=1S/C10H10FNO2S/c11-8-6-7(3-4-9(8)12)15-5-1-2-10(13)14/h1-4,6H,5,12H2,(H,13,14). The van der Waals surface area contributed by atoms with E-state index in [1.165, 1.54) is 30.0 Å². The van der Waals surface area contributed by atoms with Gasteiger partial charge in [-0.25, -0.2) is 9.18 Å². The zero-order valence-corrected chi connectivity index (χ0v) is 8.63. The zero-order valence-electron chi connectivity index (χ0n) is 7.81. The van der Waals surface area contributed by atoms with Gasteiger partial charge in [-0.2, -0.15) is 0 Å². The van der Waals surface area contributed by atoms with Gasteiger partial charge in [0.05, 0.1) is 5.69 Å². The average molecular weight is 227 g/mol. The van der Waals surface area contributed by atoms with Gasteiger partial charge in [0.2, 0.25) is 0 Å². The lowest BCUT2D eigenvalue weighted by molar-refractivity contribution is -0.131. The van der Waals surface area contributed by atoms with Crippen LogP contribution >= 0.6 is 11.8 Å². The Morgan fingerprint density at radius 1 is 1.60 bits per heavy atom. The number of carboxylic acid groups (broad SMARTS) is 1. The summed E-state index contributed by atoms with van der Waals surface area (Å²) in [6, 6.07) is 4.50. The third kappa shape index (κ3) is 4.03. The van der Waals surface area contributed by atoms with Crippen molar-refractivity contribution in [3.05, 3.63) is 36.2 Å². The van der Waals surface area contributed by atoms with Crippen molar-refractivity contribution in [1.29, 1.82) is 0 Å². The molecule has 0 aliphatic carbocycles. The summed E-state index contributed by atoms with van der Waals surface area (Å²) >= 11 is 1.34. The number of nitrogen functional groups attached to an aromatic ring is 1. The molecule has 5 heteroatoms. The second-order valence-corrected chi connectivity index (χ2v) is 3.83. The highest BCUT2D eigenvalue weighted by molar-refractivity contribution is 7.99. The zero-order chi connectivity index (χ0) is 11.3. The topological polar surface area (TPSA) is 63.3 Å². The van der Waals surface area contributed by atoms with Crippen LogP contribution in [-0.2, 0) is 4.79 Å². The van der Waals surface area contributed by atoms with E-state index in [0.717, 1.165) is 11.0 Å². The summed E-state index contributed by atoms with van der Waals surface area (Å²) in [5, 5.41) is 8.32. The van der Waals surface area contributed by atoms with Gasteiger partial charge in [0, 0.05) is 16.7 Å². The van der Waals surface area contributed by atoms with Crippen LogP contribution in [0.15, 0.2) is 35.2 Å². The van der Waals surface area contributed by atoms with Crippen molar-refractivity contribution >= 4 is 23.4 Å². The van der Waals surface area contributed by atoms with Crippen LogP contribution in [0.4, 0.5) is 10.1 Å². The molecular formula is C10H10FNO2S. The lowest BCUT2D eigenvalue weighted by atomic mass is 10.3. The Kier molecular flexibility index (Phi) is 4.17. The predicted molar refractivity (Wildman–Crippen MR) is 58.3 cm³/mol. The first-order chi connectivity index (χ1) is 7.09. The van der Waals surface area contributed by atoms with Gasteiger partial charge in [-0.05, 0) is 18.2 Å². The normalized spacial score (nSPS) is 10.7. The van der Waals surface area contributed by atoms with E-state index in [1.54, 1.807) is 6.07 Å². The number of carboxylic acids is 1. The summed E-state index contributed by atoms with van der Waals surface area (Å²) in [6.45, 7) is 0. The van der Waals surface area contributed by atoms with Crippen LogP contribution in [0.5, 0.6) is 0 Å². The first kappa shape index (κ1) is 11.6.